The van der Waals surface area contributed by atoms with Gasteiger partial charge in [-0.05, 0) is 49.6 Å². The molecular weight excluding hydrogens is 255 g/mol. The predicted molar refractivity (Wildman–Crippen MR) is 67.3 cm³/mol. The molecule has 1 unspecified atom stereocenters. The molecule has 1 N–H and O–H groups in total. The fourth-order valence-electron chi connectivity index (χ4n) is 2.45. The van der Waals surface area contributed by atoms with E-state index in [0.717, 1.165) is 24.8 Å². The van der Waals surface area contributed by atoms with Crippen LogP contribution < -0.4 is 10.1 Å². The van der Waals surface area contributed by atoms with Gasteiger partial charge in [0.05, 0.1) is 13.0 Å². The van der Waals surface area contributed by atoms with Gasteiger partial charge in [0.25, 0.3) is 0 Å². The SMILES string of the molecule is CNC1CCCc2ccc(OCCC(F)(F)F)cc21. The first-order valence-corrected chi connectivity index (χ1v) is 6.49. The first kappa shape index (κ1) is 14.2. The van der Waals surface area contributed by atoms with Crippen molar-refractivity contribution in [2.75, 3.05) is 13.7 Å². The Morgan fingerprint density at radius 3 is 2.84 bits per heavy atom. The maximum absolute atomic E-state index is 12.1. The largest absolute Gasteiger partial charge is 0.493 e. The van der Waals surface area contributed by atoms with E-state index in [9.17, 15) is 13.2 Å². The minimum absolute atomic E-state index is 0.273. The number of nitrogens with one attached hydrogen (secondary N) is 1. The number of aryl methyl sites for hydroxylation is 1. The number of ether oxygens (including phenoxy) is 1. The molecule has 0 fully saturated rings. The Balaban J connectivity index is 2.03. The summed E-state index contributed by atoms with van der Waals surface area (Å²) >= 11 is 0. The van der Waals surface area contributed by atoms with Crippen LogP contribution in [0.25, 0.3) is 0 Å². The number of hydrogen-bond donors (Lipinski definition) is 1. The molecule has 5 heteroatoms. The van der Waals surface area contributed by atoms with Gasteiger partial charge in [0.2, 0.25) is 0 Å². The van der Waals surface area contributed by atoms with Crippen LogP contribution in [0.2, 0.25) is 0 Å². The average Bonchev–Trinajstić information content (AvgIpc) is 2.36. The molecule has 0 aliphatic heterocycles. The molecular formula is C14H18F3NO. The van der Waals surface area contributed by atoms with Crippen LogP contribution in [-0.4, -0.2) is 19.8 Å². The number of alkyl halides is 3. The fourth-order valence-corrected chi connectivity index (χ4v) is 2.45. The lowest BCUT2D eigenvalue weighted by atomic mass is 9.87. The van der Waals surface area contributed by atoms with Crippen LogP contribution in [0.15, 0.2) is 18.2 Å². The Bertz CT molecular complexity index is 431. The van der Waals surface area contributed by atoms with Gasteiger partial charge in [0.1, 0.15) is 5.75 Å². The maximum Gasteiger partial charge on any atom is 0.392 e. The van der Waals surface area contributed by atoms with Crippen molar-refractivity contribution >= 4 is 0 Å². The first-order valence-electron chi connectivity index (χ1n) is 6.49. The van der Waals surface area contributed by atoms with Crippen molar-refractivity contribution in [2.45, 2.75) is 37.9 Å². The van der Waals surface area contributed by atoms with Crippen molar-refractivity contribution in [3.8, 4) is 5.75 Å². The van der Waals surface area contributed by atoms with Crippen molar-refractivity contribution in [3.63, 3.8) is 0 Å². The molecule has 0 bridgehead atoms. The average molecular weight is 273 g/mol. The summed E-state index contributed by atoms with van der Waals surface area (Å²) < 4.78 is 41.4. The normalized spacial score (nSPS) is 19.1. The molecule has 1 aliphatic carbocycles. The maximum atomic E-state index is 12.1. The second-order valence-corrected chi connectivity index (χ2v) is 4.81. The van der Waals surface area contributed by atoms with Gasteiger partial charge in [0, 0.05) is 6.04 Å². The van der Waals surface area contributed by atoms with E-state index < -0.39 is 12.6 Å². The molecule has 0 radical (unpaired) electrons. The highest BCUT2D eigenvalue weighted by atomic mass is 19.4. The molecule has 0 aromatic heterocycles. The molecule has 0 amide bonds. The molecule has 2 rings (SSSR count). The summed E-state index contributed by atoms with van der Waals surface area (Å²) in [6, 6.07) is 5.86. The van der Waals surface area contributed by atoms with Gasteiger partial charge in [-0.3, -0.25) is 0 Å². The molecule has 0 heterocycles. The van der Waals surface area contributed by atoms with E-state index >= 15 is 0 Å². The quantitative estimate of drug-likeness (QED) is 0.904. The molecule has 106 valence electrons. The Morgan fingerprint density at radius 2 is 2.16 bits per heavy atom. The molecule has 0 saturated heterocycles. The van der Waals surface area contributed by atoms with Gasteiger partial charge in [-0.15, -0.1) is 0 Å². The van der Waals surface area contributed by atoms with Gasteiger partial charge in [-0.25, -0.2) is 0 Å². The van der Waals surface area contributed by atoms with Crippen LogP contribution in [0.3, 0.4) is 0 Å². The summed E-state index contributed by atoms with van der Waals surface area (Å²) in [4.78, 5) is 0. The zero-order chi connectivity index (χ0) is 13.9. The summed E-state index contributed by atoms with van der Waals surface area (Å²) in [6.45, 7) is -0.327. The topological polar surface area (TPSA) is 21.3 Å². The minimum atomic E-state index is -4.16. The number of benzene rings is 1. The summed E-state index contributed by atoms with van der Waals surface area (Å²) in [7, 11) is 1.90. The Labute approximate surface area is 111 Å². The molecule has 0 saturated carbocycles. The molecule has 1 aliphatic rings. The van der Waals surface area contributed by atoms with Gasteiger partial charge < -0.3 is 10.1 Å². The lowest BCUT2D eigenvalue weighted by Gasteiger charge is -2.25. The van der Waals surface area contributed by atoms with Crippen molar-refractivity contribution in [1.29, 1.82) is 0 Å². The van der Waals surface area contributed by atoms with Crippen LogP contribution in [0, 0.1) is 0 Å². The smallest absolute Gasteiger partial charge is 0.392 e. The van der Waals surface area contributed by atoms with Crippen LogP contribution in [-0.2, 0) is 6.42 Å². The lowest BCUT2D eigenvalue weighted by molar-refractivity contribution is -0.139. The van der Waals surface area contributed by atoms with Gasteiger partial charge in [0.15, 0.2) is 0 Å². The highest BCUT2D eigenvalue weighted by Crippen LogP contribution is 2.32. The molecule has 1 aromatic carbocycles. The second kappa shape index (κ2) is 5.82. The summed E-state index contributed by atoms with van der Waals surface area (Å²) in [5, 5.41) is 3.23. The van der Waals surface area contributed by atoms with Crippen LogP contribution in [0.1, 0.15) is 36.4 Å². The van der Waals surface area contributed by atoms with E-state index in [-0.39, 0.29) is 12.6 Å². The minimum Gasteiger partial charge on any atom is -0.493 e. The van der Waals surface area contributed by atoms with Gasteiger partial charge in [-0.2, -0.15) is 13.2 Å². The monoisotopic (exact) mass is 273 g/mol. The van der Waals surface area contributed by atoms with Crippen molar-refractivity contribution in [3.05, 3.63) is 29.3 Å². The second-order valence-electron chi connectivity index (χ2n) is 4.81. The molecule has 2 nitrogen and oxygen atoms in total. The summed E-state index contributed by atoms with van der Waals surface area (Å²) in [5.41, 5.74) is 2.41. The predicted octanol–water partition coefficient (Wildman–Crippen LogP) is 3.61. The first-order chi connectivity index (χ1) is 8.99. The third-order valence-electron chi connectivity index (χ3n) is 3.43. The van der Waals surface area contributed by atoms with Crippen LogP contribution in [0.5, 0.6) is 5.75 Å². The summed E-state index contributed by atoms with van der Waals surface area (Å²) in [5.74, 6) is 0.519. The summed E-state index contributed by atoms with van der Waals surface area (Å²) in [6.07, 6.45) is -1.88. The van der Waals surface area contributed by atoms with Gasteiger partial charge in [-0.1, -0.05) is 6.07 Å². The van der Waals surface area contributed by atoms with Crippen molar-refractivity contribution in [1.82, 2.24) is 5.32 Å². The standard InChI is InChI=1S/C14H18F3NO/c1-18-13-4-2-3-10-5-6-11(9-12(10)13)19-8-7-14(15,16)17/h5-6,9,13,18H,2-4,7-8H2,1H3. The van der Waals surface area contributed by atoms with E-state index in [0.29, 0.717) is 5.75 Å². The van der Waals surface area contributed by atoms with Crippen molar-refractivity contribution in [2.24, 2.45) is 0 Å². The third kappa shape index (κ3) is 3.86. The lowest BCUT2D eigenvalue weighted by Crippen LogP contribution is -2.21. The van der Waals surface area contributed by atoms with E-state index in [1.54, 1.807) is 6.07 Å². The Morgan fingerprint density at radius 1 is 1.37 bits per heavy atom. The molecule has 0 spiro atoms. The van der Waals surface area contributed by atoms with Gasteiger partial charge >= 0.3 is 6.18 Å². The Kier molecular flexibility index (Phi) is 4.34. The number of halogens is 3. The molecule has 1 aromatic rings. The van der Waals surface area contributed by atoms with Crippen molar-refractivity contribution < 1.29 is 17.9 Å². The molecule has 19 heavy (non-hydrogen) atoms. The Hall–Kier alpha value is -1.23. The zero-order valence-electron chi connectivity index (χ0n) is 10.9. The van der Waals surface area contributed by atoms with Crippen LogP contribution >= 0.6 is 0 Å². The van der Waals surface area contributed by atoms with E-state index in [4.69, 9.17) is 4.74 Å². The van der Waals surface area contributed by atoms with Crippen LogP contribution in [0.4, 0.5) is 13.2 Å². The number of fused-ring (bicyclic) bond motifs is 1. The number of rotatable bonds is 4. The van der Waals surface area contributed by atoms with E-state index in [2.05, 4.69) is 5.32 Å². The fraction of sp³-hybridized carbons (Fsp3) is 0.571. The number of hydrogen-bond acceptors (Lipinski definition) is 2. The third-order valence-corrected chi connectivity index (χ3v) is 3.43. The highest BCUT2D eigenvalue weighted by Gasteiger charge is 2.27. The zero-order valence-corrected chi connectivity index (χ0v) is 10.9. The molecule has 1 atom stereocenters. The van der Waals surface area contributed by atoms with E-state index in [1.165, 1.54) is 5.56 Å². The highest BCUT2D eigenvalue weighted by molar-refractivity contribution is 5.39. The van der Waals surface area contributed by atoms with E-state index in [1.807, 2.05) is 19.2 Å².